The van der Waals surface area contributed by atoms with Gasteiger partial charge in [0, 0.05) is 18.5 Å². The maximum atomic E-state index is 13.6. The Labute approximate surface area is 202 Å². The van der Waals surface area contributed by atoms with Gasteiger partial charge in [0.15, 0.2) is 0 Å². The van der Waals surface area contributed by atoms with Gasteiger partial charge in [0.25, 0.3) is 5.56 Å². The van der Waals surface area contributed by atoms with Crippen molar-refractivity contribution in [2.24, 2.45) is 7.05 Å². The van der Waals surface area contributed by atoms with Crippen molar-refractivity contribution in [3.05, 3.63) is 69.8 Å². The second-order valence-electron chi connectivity index (χ2n) is 8.23. The number of fused-ring (bicyclic) bond motifs is 1. The Balaban J connectivity index is 1.86. The third-order valence-electron chi connectivity index (χ3n) is 5.91. The van der Waals surface area contributed by atoms with Crippen molar-refractivity contribution in [1.29, 1.82) is 0 Å². The smallest absolute Gasteiger partial charge is 0.343 e. The van der Waals surface area contributed by atoms with E-state index >= 15 is 0 Å². The minimum Gasteiger partial charge on any atom is -0.462 e. The summed E-state index contributed by atoms with van der Waals surface area (Å²) in [5.74, 6) is -0.833. The molecule has 10 heteroatoms. The monoisotopic (exact) mass is 476 g/mol. The van der Waals surface area contributed by atoms with Gasteiger partial charge >= 0.3 is 5.97 Å². The van der Waals surface area contributed by atoms with Gasteiger partial charge < -0.3 is 10.1 Å². The third-order valence-corrected chi connectivity index (χ3v) is 5.91. The first-order valence-electron chi connectivity index (χ1n) is 11.4. The molecule has 0 saturated heterocycles. The predicted molar refractivity (Wildman–Crippen MR) is 132 cm³/mol. The molecule has 1 unspecified atom stereocenters. The summed E-state index contributed by atoms with van der Waals surface area (Å²) in [5, 5.41) is 12.4. The number of amides is 1. The van der Waals surface area contributed by atoms with Crippen LogP contribution in [0.1, 0.15) is 47.9 Å². The van der Waals surface area contributed by atoms with E-state index in [4.69, 9.17) is 9.84 Å². The molecular formula is C25H28N6O4. The van der Waals surface area contributed by atoms with Gasteiger partial charge in [0.05, 0.1) is 24.2 Å². The molecule has 0 fully saturated rings. The van der Waals surface area contributed by atoms with E-state index in [1.165, 1.54) is 21.5 Å². The highest BCUT2D eigenvalue weighted by molar-refractivity contribution is 6.01. The molecule has 1 N–H and O–H groups in total. The molecule has 4 rings (SSSR count). The lowest BCUT2D eigenvalue weighted by molar-refractivity contribution is -0.119. The average molecular weight is 477 g/mol. The van der Waals surface area contributed by atoms with Crippen molar-refractivity contribution in [3.63, 3.8) is 0 Å². The van der Waals surface area contributed by atoms with E-state index in [1.54, 1.807) is 18.7 Å². The largest absolute Gasteiger partial charge is 0.462 e. The van der Waals surface area contributed by atoms with E-state index in [1.807, 2.05) is 51.1 Å². The highest BCUT2D eigenvalue weighted by Crippen LogP contribution is 2.27. The number of nitrogens with one attached hydrogen (secondary N) is 1. The molecule has 1 amide bonds. The summed E-state index contributed by atoms with van der Waals surface area (Å²) >= 11 is 0. The number of carbonyl (C=O) groups is 2. The molecule has 10 nitrogen and oxygen atoms in total. The van der Waals surface area contributed by atoms with Gasteiger partial charge in [0.1, 0.15) is 23.1 Å². The minimum absolute atomic E-state index is 0.143. The number of rotatable bonds is 7. The number of aryl methyl sites for hydroxylation is 3. The Kier molecular flexibility index (Phi) is 6.54. The van der Waals surface area contributed by atoms with Gasteiger partial charge in [-0.25, -0.2) is 9.48 Å². The van der Waals surface area contributed by atoms with Gasteiger partial charge in [-0.15, -0.1) is 0 Å². The summed E-state index contributed by atoms with van der Waals surface area (Å²) < 4.78 is 9.65. The van der Waals surface area contributed by atoms with Crippen LogP contribution >= 0.6 is 0 Å². The Morgan fingerprint density at radius 3 is 2.51 bits per heavy atom. The lowest BCUT2D eigenvalue weighted by Crippen LogP contribution is -2.34. The lowest BCUT2D eigenvalue weighted by atomic mass is 10.1. The second kappa shape index (κ2) is 9.57. The number of hydrogen-bond donors (Lipinski definition) is 1. The van der Waals surface area contributed by atoms with E-state index in [0.717, 1.165) is 22.3 Å². The number of aromatic nitrogens is 5. The highest BCUT2D eigenvalue weighted by atomic mass is 16.5. The van der Waals surface area contributed by atoms with E-state index in [2.05, 4.69) is 10.4 Å². The number of carbonyl (C=O) groups excluding carboxylic acids is 2. The quantitative estimate of drug-likeness (QED) is 0.410. The molecule has 0 spiro atoms. The van der Waals surface area contributed by atoms with Crippen LogP contribution in [0.15, 0.2) is 47.4 Å². The Bertz CT molecular complexity index is 1460. The van der Waals surface area contributed by atoms with Gasteiger partial charge in [-0.2, -0.15) is 10.2 Å². The van der Waals surface area contributed by atoms with Gasteiger partial charge in [-0.3, -0.25) is 18.8 Å². The molecule has 1 aromatic carbocycles. The van der Waals surface area contributed by atoms with Crippen LogP contribution in [0.25, 0.3) is 16.7 Å². The summed E-state index contributed by atoms with van der Waals surface area (Å²) in [6, 6.07) is 10.1. The van der Waals surface area contributed by atoms with Crippen LogP contribution in [0.4, 0.5) is 5.82 Å². The lowest BCUT2D eigenvalue weighted by Gasteiger charge is -2.21. The zero-order chi connectivity index (χ0) is 25.3. The van der Waals surface area contributed by atoms with E-state index < -0.39 is 17.9 Å². The van der Waals surface area contributed by atoms with Gasteiger partial charge in [0.2, 0.25) is 5.91 Å². The van der Waals surface area contributed by atoms with Gasteiger partial charge in [-0.05, 0) is 44.9 Å². The number of pyridine rings is 1. The summed E-state index contributed by atoms with van der Waals surface area (Å²) in [6.07, 6.45) is 1.67. The van der Waals surface area contributed by atoms with Crippen LogP contribution in [-0.2, 0) is 16.6 Å². The summed E-state index contributed by atoms with van der Waals surface area (Å²) in [5.41, 5.74) is 2.68. The minimum atomic E-state index is -0.867. The van der Waals surface area contributed by atoms with Crippen LogP contribution in [0.5, 0.6) is 0 Å². The standard InChI is InChI=1S/C25H28N6O4/c1-6-19(23(33)27-22-18(14-26-29(22)5)25(34)35-7-2)30-20(32)13-15(3)21-16(4)28-31(24(21)30)17-11-9-8-10-12-17/h8-14,19H,6-7H2,1-5H3,(H,27,33). The molecule has 4 aromatic rings. The average Bonchev–Trinajstić information content (AvgIpc) is 3.37. The maximum absolute atomic E-state index is 13.6. The molecular weight excluding hydrogens is 448 g/mol. The van der Waals surface area contributed by atoms with Gasteiger partial charge in [-0.1, -0.05) is 25.1 Å². The number of hydrogen-bond acceptors (Lipinski definition) is 6. The fourth-order valence-corrected chi connectivity index (χ4v) is 4.31. The number of benzene rings is 1. The van der Waals surface area contributed by atoms with E-state index in [9.17, 15) is 14.4 Å². The Hall–Kier alpha value is -4.21. The topological polar surface area (TPSA) is 113 Å². The number of nitrogens with zero attached hydrogens (tertiary/aromatic N) is 5. The number of anilines is 1. The molecule has 0 bridgehead atoms. The van der Waals surface area contributed by atoms with Crippen LogP contribution in [0.3, 0.4) is 0 Å². The molecule has 0 saturated carbocycles. The molecule has 1 atom stereocenters. The van der Waals surface area contributed by atoms with Crippen LogP contribution in [-0.4, -0.2) is 42.6 Å². The van der Waals surface area contributed by atoms with Crippen LogP contribution < -0.4 is 10.9 Å². The molecule has 3 heterocycles. The summed E-state index contributed by atoms with van der Waals surface area (Å²) in [7, 11) is 1.61. The normalized spacial score (nSPS) is 12.0. The van der Waals surface area contributed by atoms with E-state index in [0.29, 0.717) is 12.1 Å². The van der Waals surface area contributed by atoms with Crippen molar-refractivity contribution in [1.82, 2.24) is 24.1 Å². The van der Waals surface area contributed by atoms with Crippen molar-refractivity contribution < 1.29 is 14.3 Å². The van der Waals surface area contributed by atoms with Crippen LogP contribution in [0.2, 0.25) is 0 Å². The molecule has 0 aliphatic heterocycles. The van der Waals surface area contributed by atoms with Crippen molar-refractivity contribution in [2.45, 2.75) is 40.2 Å². The molecule has 35 heavy (non-hydrogen) atoms. The first-order chi connectivity index (χ1) is 16.8. The maximum Gasteiger partial charge on any atom is 0.343 e. The number of ether oxygens (including phenoxy) is 1. The van der Waals surface area contributed by atoms with Crippen molar-refractivity contribution in [3.8, 4) is 5.69 Å². The zero-order valence-corrected chi connectivity index (χ0v) is 20.4. The fraction of sp³-hybridized carbons (Fsp3) is 0.320. The summed E-state index contributed by atoms with van der Waals surface area (Å²) in [4.78, 5) is 39.2. The molecule has 0 aliphatic rings. The number of esters is 1. The van der Waals surface area contributed by atoms with Crippen molar-refractivity contribution in [2.75, 3.05) is 11.9 Å². The SMILES string of the molecule is CCOC(=O)c1cnn(C)c1NC(=O)C(CC)n1c(=O)cc(C)c2c(C)nn(-c3ccccc3)c21. The third kappa shape index (κ3) is 4.23. The highest BCUT2D eigenvalue weighted by Gasteiger charge is 2.28. The number of para-hydroxylation sites is 1. The van der Waals surface area contributed by atoms with Crippen molar-refractivity contribution >= 4 is 28.7 Å². The zero-order valence-electron chi connectivity index (χ0n) is 20.4. The van der Waals surface area contributed by atoms with E-state index in [-0.39, 0.29) is 23.5 Å². The predicted octanol–water partition coefficient (Wildman–Crippen LogP) is 3.30. The summed E-state index contributed by atoms with van der Waals surface area (Å²) in [6.45, 7) is 7.46. The molecule has 3 aromatic heterocycles. The fourth-order valence-electron chi connectivity index (χ4n) is 4.31. The second-order valence-corrected chi connectivity index (χ2v) is 8.23. The molecule has 182 valence electrons. The Morgan fingerprint density at radius 1 is 1.14 bits per heavy atom. The first-order valence-corrected chi connectivity index (χ1v) is 11.4. The molecule has 0 radical (unpaired) electrons. The Morgan fingerprint density at radius 2 is 1.86 bits per heavy atom. The van der Waals surface area contributed by atoms with Crippen LogP contribution in [0, 0.1) is 13.8 Å². The first kappa shape index (κ1) is 23.9. The molecule has 0 aliphatic carbocycles.